The van der Waals surface area contributed by atoms with Crippen LogP contribution in [0.25, 0.3) is 0 Å². The fourth-order valence-corrected chi connectivity index (χ4v) is 6.15. The third-order valence-corrected chi connectivity index (χ3v) is 7.97. The van der Waals surface area contributed by atoms with Crippen LogP contribution in [0.15, 0.2) is 51.4 Å². The summed E-state index contributed by atoms with van der Waals surface area (Å²) in [5.74, 6) is -0.700. The molecular formula is C26H26N4O3S2. The minimum absolute atomic E-state index is 0.0267. The Morgan fingerprint density at radius 1 is 1.29 bits per heavy atom. The summed E-state index contributed by atoms with van der Waals surface area (Å²) in [6.45, 7) is 1.92. The molecule has 9 heteroatoms. The maximum absolute atomic E-state index is 13.1. The van der Waals surface area contributed by atoms with Gasteiger partial charge in [0.15, 0.2) is 0 Å². The highest BCUT2D eigenvalue weighted by molar-refractivity contribution is 7.99. The van der Waals surface area contributed by atoms with Gasteiger partial charge in [0.1, 0.15) is 28.5 Å². The van der Waals surface area contributed by atoms with Gasteiger partial charge in [-0.2, -0.15) is 10.5 Å². The van der Waals surface area contributed by atoms with Crippen molar-refractivity contribution in [1.82, 2.24) is 4.98 Å². The molecule has 3 heterocycles. The number of nitriles is 2. The molecule has 1 unspecified atom stereocenters. The van der Waals surface area contributed by atoms with Gasteiger partial charge in [0.05, 0.1) is 29.4 Å². The average Bonchev–Trinajstić information content (AvgIpc) is 3.37. The zero-order valence-corrected chi connectivity index (χ0v) is 21.1. The van der Waals surface area contributed by atoms with Crippen molar-refractivity contribution in [3.05, 3.63) is 68.1 Å². The van der Waals surface area contributed by atoms with Crippen molar-refractivity contribution in [1.29, 1.82) is 10.5 Å². The summed E-state index contributed by atoms with van der Waals surface area (Å²) >= 11 is 2.76. The van der Waals surface area contributed by atoms with Crippen LogP contribution in [0.5, 0.6) is 0 Å². The average molecular weight is 507 g/mol. The third kappa shape index (κ3) is 5.37. The number of rotatable bonds is 6. The van der Waals surface area contributed by atoms with Crippen LogP contribution < -0.4 is 5.73 Å². The lowest BCUT2D eigenvalue weighted by atomic mass is 9.87. The van der Waals surface area contributed by atoms with E-state index in [9.17, 15) is 15.3 Å². The summed E-state index contributed by atoms with van der Waals surface area (Å²) in [6.07, 6.45) is 6.40. The molecule has 0 fully saturated rings. The Kier molecular flexibility index (Phi) is 8.12. The zero-order chi connectivity index (χ0) is 24.8. The molecule has 0 aromatic carbocycles. The Labute approximate surface area is 213 Å². The van der Waals surface area contributed by atoms with Crippen molar-refractivity contribution < 1.29 is 14.3 Å². The lowest BCUT2D eigenvalue weighted by Crippen LogP contribution is -2.26. The van der Waals surface area contributed by atoms with Crippen molar-refractivity contribution in [2.75, 3.05) is 12.4 Å². The van der Waals surface area contributed by atoms with Gasteiger partial charge in [-0.25, -0.2) is 9.78 Å². The summed E-state index contributed by atoms with van der Waals surface area (Å²) < 4.78 is 11.2. The van der Waals surface area contributed by atoms with Gasteiger partial charge in [-0.1, -0.05) is 30.7 Å². The molecule has 2 aromatic heterocycles. The zero-order valence-electron chi connectivity index (χ0n) is 19.5. The number of hydrogen-bond donors (Lipinski definition) is 1. The number of allylic oxidation sites excluding steroid dienone is 1. The number of thiophene rings is 1. The molecule has 0 saturated carbocycles. The van der Waals surface area contributed by atoms with Gasteiger partial charge >= 0.3 is 5.97 Å². The van der Waals surface area contributed by atoms with Gasteiger partial charge in [0.25, 0.3) is 0 Å². The van der Waals surface area contributed by atoms with Crippen LogP contribution in [-0.4, -0.2) is 23.3 Å². The van der Waals surface area contributed by atoms with E-state index in [1.54, 1.807) is 6.92 Å². The minimum atomic E-state index is -0.664. The molecule has 7 nitrogen and oxygen atoms in total. The highest BCUT2D eigenvalue weighted by atomic mass is 32.2. The van der Waals surface area contributed by atoms with Crippen LogP contribution in [0.3, 0.4) is 0 Å². The summed E-state index contributed by atoms with van der Waals surface area (Å²) in [5, 5.41) is 22.1. The molecule has 4 rings (SSSR count). The standard InChI is InChI=1S/C26H26N4O3S2/c1-2-32-26(31)23-20(33-24(29)18(14-28)22(23)21-10-7-11-34-21)15-35-25-17(13-27)12-16-8-5-3-4-6-9-19(16)30-25/h7,10-12,22H,2-6,8-9,15,29H2,1H3. The number of esters is 1. The number of carbonyl (C=O) groups excluding carboxylic acids is 1. The fraction of sp³-hybridized carbons (Fsp3) is 0.385. The van der Waals surface area contributed by atoms with Gasteiger partial charge in [-0.15, -0.1) is 11.3 Å². The summed E-state index contributed by atoms with van der Waals surface area (Å²) in [4.78, 5) is 18.7. The largest absolute Gasteiger partial charge is 0.463 e. The van der Waals surface area contributed by atoms with Crippen LogP contribution in [0.4, 0.5) is 0 Å². The maximum atomic E-state index is 13.1. The first-order valence-corrected chi connectivity index (χ1v) is 13.5. The van der Waals surface area contributed by atoms with E-state index in [0.717, 1.165) is 41.8 Å². The first kappa shape index (κ1) is 24.8. The van der Waals surface area contributed by atoms with Crippen molar-refractivity contribution >= 4 is 29.1 Å². The lowest BCUT2D eigenvalue weighted by molar-refractivity contribution is -0.139. The Balaban J connectivity index is 1.71. The van der Waals surface area contributed by atoms with E-state index in [1.807, 2.05) is 23.6 Å². The van der Waals surface area contributed by atoms with Gasteiger partial charge in [0, 0.05) is 10.6 Å². The molecule has 2 N–H and O–H groups in total. The Morgan fingerprint density at radius 3 is 2.77 bits per heavy atom. The number of thioether (sulfide) groups is 1. The van der Waals surface area contributed by atoms with Gasteiger partial charge in [0.2, 0.25) is 5.88 Å². The molecule has 0 bridgehead atoms. The van der Waals surface area contributed by atoms with E-state index >= 15 is 0 Å². The number of nitrogens with zero attached hydrogens (tertiary/aromatic N) is 3. The highest BCUT2D eigenvalue weighted by Crippen LogP contribution is 2.42. The smallest absolute Gasteiger partial charge is 0.338 e. The molecule has 2 aromatic rings. The number of carbonyl (C=O) groups is 1. The van der Waals surface area contributed by atoms with Crippen LogP contribution in [-0.2, 0) is 27.1 Å². The minimum Gasteiger partial charge on any atom is -0.463 e. The van der Waals surface area contributed by atoms with Crippen LogP contribution in [0.2, 0.25) is 0 Å². The monoisotopic (exact) mass is 506 g/mol. The topological polar surface area (TPSA) is 122 Å². The number of aromatic nitrogens is 1. The van der Waals surface area contributed by atoms with E-state index in [1.165, 1.54) is 35.9 Å². The van der Waals surface area contributed by atoms with Crippen molar-refractivity contribution in [3.63, 3.8) is 0 Å². The number of hydrogen-bond acceptors (Lipinski definition) is 9. The van der Waals surface area contributed by atoms with Crippen LogP contribution in [0, 0.1) is 22.7 Å². The van der Waals surface area contributed by atoms with Gasteiger partial charge < -0.3 is 15.2 Å². The number of nitrogens with two attached hydrogens (primary N) is 1. The Hall–Kier alpha value is -3.27. The molecule has 1 aliphatic carbocycles. The second kappa shape index (κ2) is 11.4. The predicted molar refractivity (Wildman–Crippen MR) is 134 cm³/mol. The quantitative estimate of drug-likeness (QED) is 0.425. The summed E-state index contributed by atoms with van der Waals surface area (Å²) in [6, 6.07) is 10.1. The maximum Gasteiger partial charge on any atom is 0.338 e. The van der Waals surface area contributed by atoms with Crippen LogP contribution in [0.1, 0.15) is 60.2 Å². The molecule has 1 atom stereocenters. The van der Waals surface area contributed by atoms with E-state index in [2.05, 4.69) is 12.1 Å². The van der Waals surface area contributed by atoms with E-state index < -0.39 is 11.9 Å². The molecule has 0 saturated heterocycles. The third-order valence-electron chi connectivity index (χ3n) is 6.05. The first-order valence-electron chi connectivity index (χ1n) is 11.6. The Bertz CT molecular complexity index is 1250. The van der Waals surface area contributed by atoms with Crippen molar-refractivity contribution in [3.8, 4) is 12.1 Å². The molecule has 1 aliphatic heterocycles. The molecule has 0 amide bonds. The second-order valence-electron chi connectivity index (χ2n) is 8.26. The van der Waals surface area contributed by atoms with Gasteiger partial charge in [-0.3, -0.25) is 0 Å². The molecule has 35 heavy (non-hydrogen) atoms. The van der Waals surface area contributed by atoms with E-state index in [4.69, 9.17) is 20.2 Å². The molecule has 180 valence electrons. The lowest BCUT2D eigenvalue weighted by Gasteiger charge is -2.27. The van der Waals surface area contributed by atoms with E-state index in [-0.39, 0.29) is 29.4 Å². The highest BCUT2D eigenvalue weighted by Gasteiger charge is 2.38. The number of fused-ring (bicyclic) bond motifs is 1. The fourth-order valence-electron chi connectivity index (χ4n) is 4.39. The molecule has 0 radical (unpaired) electrons. The van der Waals surface area contributed by atoms with Crippen LogP contribution >= 0.6 is 23.1 Å². The number of aryl methyl sites for hydroxylation is 2. The first-order chi connectivity index (χ1) is 17.1. The normalized spacial score (nSPS) is 18.0. The van der Waals surface area contributed by atoms with Gasteiger partial charge in [-0.05, 0) is 55.7 Å². The molecule has 2 aliphatic rings. The van der Waals surface area contributed by atoms with E-state index in [0.29, 0.717) is 16.3 Å². The number of ether oxygens (including phenoxy) is 2. The predicted octanol–water partition coefficient (Wildman–Crippen LogP) is 5.09. The molecular weight excluding hydrogens is 480 g/mol. The molecule has 0 spiro atoms. The SMILES string of the molecule is CCOC(=O)C1=C(CSc2nc3c(cc2C#N)CCCCCC3)OC(N)=C(C#N)C1c1cccs1. The second-order valence-corrected chi connectivity index (χ2v) is 10.2. The number of pyridine rings is 1. The summed E-state index contributed by atoms with van der Waals surface area (Å²) in [7, 11) is 0. The van der Waals surface area contributed by atoms with Crippen molar-refractivity contribution in [2.24, 2.45) is 5.73 Å². The summed E-state index contributed by atoms with van der Waals surface area (Å²) in [5.41, 5.74) is 9.28. The Morgan fingerprint density at radius 2 is 2.09 bits per heavy atom. The van der Waals surface area contributed by atoms with Crippen molar-refractivity contribution in [2.45, 2.75) is 56.4 Å².